The highest BCUT2D eigenvalue weighted by Gasteiger charge is 2.14. The minimum Gasteiger partial charge on any atom is -0.399 e. The Hall–Kier alpha value is -1.93. The fourth-order valence-electron chi connectivity index (χ4n) is 1.73. The third kappa shape index (κ3) is 3.79. The van der Waals surface area contributed by atoms with Crippen molar-refractivity contribution in [3.8, 4) is 0 Å². The van der Waals surface area contributed by atoms with Gasteiger partial charge in [-0.25, -0.2) is 13.4 Å². The number of nitrogen functional groups attached to an aromatic ring is 1. The highest BCUT2D eigenvalue weighted by Crippen LogP contribution is 2.17. The third-order valence-corrected chi connectivity index (χ3v) is 4.90. The van der Waals surface area contributed by atoms with Gasteiger partial charge in [-0.15, -0.1) is 11.3 Å². The molecule has 0 saturated heterocycles. The van der Waals surface area contributed by atoms with Gasteiger partial charge in [-0.2, -0.15) is 0 Å². The maximum atomic E-state index is 12.1. The van der Waals surface area contributed by atoms with Crippen LogP contribution in [0.1, 0.15) is 20.9 Å². The molecule has 1 aromatic heterocycles. The van der Waals surface area contributed by atoms with Gasteiger partial charge in [-0.1, -0.05) is 0 Å². The molecule has 0 aliphatic carbocycles. The van der Waals surface area contributed by atoms with Gasteiger partial charge in [0.2, 0.25) is 0 Å². The number of nitrogens with one attached hydrogen (secondary N) is 1. The molecule has 1 aromatic carbocycles. The van der Waals surface area contributed by atoms with E-state index in [0.29, 0.717) is 6.54 Å². The molecule has 2 aromatic rings. The number of sulfone groups is 1. The molecule has 21 heavy (non-hydrogen) atoms. The van der Waals surface area contributed by atoms with Gasteiger partial charge in [0, 0.05) is 22.4 Å². The van der Waals surface area contributed by atoms with E-state index < -0.39 is 9.84 Å². The smallest absolute Gasteiger partial charge is 0.251 e. The number of hydrogen-bond acceptors (Lipinski definition) is 6. The van der Waals surface area contributed by atoms with Crippen molar-refractivity contribution < 1.29 is 13.2 Å². The predicted molar refractivity (Wildman–Crippen MR) is 82.0 cm³/mol. The average molecular weight is 325 g/mol. The van der Waals surface area contributed by atoms with Crippen molar-refractivity contribution in [2.75, 3.05) is 12.0 Å². The lowest BCUT2D eigenvalue weighted by Gasteiger charge is -2.07. The number of nitrogens with zero attached hydrogens (tertiary/aromatic N) is 1. The molecule has 0 fully saturated rings. The van der Waals surface area contributed by atoms with Crippen LogP contribution in [0.15, 0.2) is 28.6 Å². The molecule has 0 unspecified atom stereocenters. The fourth-order valence-corrected chi connectivity index (χ4v) is 3.13. The Morgan fingerprint density at radius 2 is 2.10 bits per heavy atom. The maximum absolute atomic E-state index is 12.1. The van der Waals surface area contributed by atoms with Gasteiger partial charge in [-0.3, -0.25) is 4.79 Å². The first-order valence-electron chi connectivity index (χ1n) is 6.05. The summed E-state index contributed by atoms with van der Waals surface area (Å²) in [5.74, 6) is -0.375. The Balaban J connectivity index is 2.20. The number of carbonyl (C=O) groups is 1. The van der Waals surface area contributed by atoms with Crippen molar-refractivity contribution in [1.29, 1.82) is 0 Å². The highest BCUT2D eigenvalue weighted by atomic mass is 32.2. The van der Waals surface area contributed by atoms with E-state index >= 15 is 0 Å². The fraction of sp³-hybridized carbons (Fsp3) is 0.231. The first-order chi connectivity index (χ1) is 9.77. The molecule has 0 saturated carbocycles. The molecular weight excluding hydrogens is 310 g/mol. The Labute approximate surface area is 126 Å². The third-order valence-electron chi connectivity index (χ3n) is 2.87. The molecule has 0 aliphatic heterocycles. The van der Waals surface area contributed by atoms with E-state index in [1.54, 1.807) is 5.51 Å². The average Bonchev–Trinajstić information content (AvgIpc) is 2.79. The van der Waals surface area contributed by atoms with Crippen molar-refractivity contribution in [3.05, 3.63) is 39.8 Å². The number of anilines is 1. The van der Waals surface area contributed by atoms with Gasteiger partial charge in [0.05, 0.1) is 22.6 Å². The van der Waals surface area contributed by atoms with E-state index in [0.717, 1.165) is 16.8 Å². The summed E-state index contributed by atoms with van der Waals surface area (Å²) in [5.41, 5.74) is 8.68. The van der Waals surface area contributed by atoms with Crippen LogP contribution < -0.4 is 11.1 Å². The largest absolute Gasteiger partial charge is 0.399 e. The van der Waals surface area contributed by atoms with Gasteiger partial charge < -0.3 is 11.1 Å². The first-order valence-corrected chi connectivity index (χ1v) is 8.82. The lowest BCUT2D eigenvalue weighted by Crippen LogP contribution is -2.23. The number of aromatic nitrogens is 1. The number of nitrogens with two attached hydrogens (primary N) is 1. The summed E-state index contributed by atoms with van der Waals surface area (Å²) >= 11 is 1.45. The van der Waals surface area contributed by atoms with Gasteiger partial charge in [0.1, 0.15) is 0 Å². The lowest BCUT2D eigenvalue weighted by molar-refractivity contribution is 0.0951. The SMILES string of the molecule is Cc1ncsc1CNC(=O)c1cc(N)cc(S(C)(=O)=O)c1. The highest BCUT2D eigenvalue weighted by molar-refractivity contribution is 7.90. The Bertz CT molecular complexity index is 782. The monoisotopic (exact) mass is 325 g/mol. The predicted octanol–water partition coefficient (Wildman–Crippen LogP) is 1.37. The summed E-state index contributed by atoms with van der Waals surface area (Å²) < 4.78 is 23.1. The molecule has 0 spiro atoms. The molecule has 0 atom stereocenters. The zero-order valence-electron chi connectivity index (χ0n) is 11.6. The molecule has 8 heteroatoms. The van der Waals surface area contributed by atoms with E-state index in [1.807, 2.05) is 6.92 Å². The van der Waals surface area contributed by atoms with Crippen LogP contribution in [0.4, 0.5) is 5.69 Å². The number of thiazole rings is 1. The second kappa shape index (κ2) is 5.82. The minimum atomic E-state index is -3.41. The van der Waals surface area contributed by atoms with Crippen LogP contribution in [0.25, 0.3) is 0 Å². The molecule has 112 valence electrons. The summed E-state index contributed by atoms with van der Waals surface area (Å²) in [6.45, 7) is 2.21. The molecular formula is C13H15N3O3S2. The standard InChI is InChI=1S/C13H15N3O3S2/c1-8-12(20-7-16-8)6-15-13(17)9-3-10(14)5-11(4-9)21(2,18)19/h3-5,7H,6,14H2,1-2H3,(H,15,17). The lowest BCUT2D eigenvalue weighted by atomic mass is 10.2. The Kier molecular flexibility index (Phi) is 4.29. The van der Waals surface area contributed by atoms with Gasteiger partial charge in [0.15, 0.2) is 9.84 Å². The molecule has 0 radical (unpaired) electrons. The van der Waals surface area contributed by atoms with Gasteiger partial charge in [-0.05, 0) is 25.1 Å². The second-order valence-electron chi connectivity index (χ2n) is 4.61. The van der Waals surface area contributed by atoms with Crippen LogP contribution in [0.3, 0.4) is 0 Å². The molecule has 0 aliphatic rings. The van der Waals surface area contributed by atoms with Crippen LogP contribution in [-0.2, 0) is 16.4 Å². The van der Waals surface area contributed by atoms with Crippen LogP contribution in [-0.4, -0.2) is 25.6 Å². The molecule has 0 bridgehead atoms. The van der Waals surface area contributed by atoms with Crippen molar-refractivity contribution in [2.24, 2.45) is 0 Å². The van der Waals surface area contributed by atoms with Crippen molar-refractivity contribution in [3.63, 3.8) is 0 Å². The minimum absolute atomic E-state index is 0.0293. The van der Waals surface area contributed by atoms with Crippen LogP contribution >= 0.6 is 11.3 Å². The number of amides is 1. The number of aryl methyl sites for hydroxylation is 1. The summed E-state index contributed by atoms with van der Waals surface area (Å²) in [5, 5.41) is 2.73. The first kappa shape index (κ1) is 15.5. The second-order valence-corrected chi connectivity index (χ2v) is 7.56. The van der Waals surface area contributed by atoms with Crippen molar-refractivity contribution >= 4 is 32.8 Å². The summed E-state index contributed by atoms with van der Waals surface area (Å²) in [7, 11) is -3.41. The van der Waals surface area contributed by atoms with Crippen LogP contribution in [0.5, 0.6) is 0 Å². The van der Waals surface area contributed by atoms with E-state index in [1.165, 1.54) is 29.5 Å². The summed E-state index contributed by atoms with van der Waals surface area (Å²) in [4.78, 5) is 17.2. The van der Waals surface area contributed by atoms with Crippen LogP contribution in [0, 0.1) is 6.92 Å². The Morgan fingerprint density at radius 1 is 1.38 bits per heavy atom. The number of benzene rings is 1. The molecule has 2 rings (SSSR count). The molecule has 6 nitrogen and oxygen atoms in total. The van der Waals surface area contributed by atoms with Crippen molar-refractivity contribution in [1.82, 2.24) is 10.3 Å². The van der Waals surface area contributed by atoms with E-state index in [-0.39, 0.29) is 22.1 Å². The van der Waals surface area contributed by atoms with Crippen molar-refractivity contribution in [2.45, 2.75) is 18.4 Å². The molecule has 1 amide bonds. The zero-order valence-corrected chi connectivity index (χ0v) is 13.2. The topological polar surface area (TPSA) is 102 Å². The van der Waals surface area contributed by atoms with Crippen LogP contribution in [0.2, 0.25) is 0 Å². The van der Waals surface area contributed by atoms with E-state index in [2.05, 4.69) is 10.3 Å². The number of hydrogen-bond donors (Lipinski definition) is 2. The Morgan fingerprint density at radius 3 is 2.67 bits per heavy atom. The zero-order chi connectivity index (χ0) is 15.6. The normalized spacial score (nSPS) is 11.3. The number of rotatable bonds is 4. The summed E-state index contributed by atoms with van der Waals surface area (Å²) in [6, 6.07) is 4.10. The maximum Gasteiger partial charge on any atom is 0.251 e. The quantitative estimate of drug-likeness (QED) is 0.827. The summed E-state index contributed by atoms with van der Waals surface area (Å²) in [6.07, 6.45) is 1.07. The van der Waals surface area contributed by atoms with Gasteiger partial charge in [0.25, 0.3) is 5.91 Å². The van der Waals surface area contributed by atoms with E-state index in [4.69, 9.17) is 5.73 Å². The molecule has 1 heterocycles. The van der Waals surface area contributed by atoms with E-state index in [9.17, 15) is 13.2 Å². The van der Waals surface area contributed by atoms with Gasteiger partial charge >= 0.3 is 0 Å². The molecule has 3 N–H and O–H groups in total. The number of carbonyl (C=O) groups excluding carboxylic acids is 1.